The number of carbonyl (C=O) groups is 4. The third-order valence-electron chi connectivity index (χ3n) is 7.96. The van der Waals surface area contributed by atoms with Crippen LogP contribution in [0.25, 0.3) is 0 Å². The molecule has 3 amide bonds. The number of nitrogens with zero attached hydrogens (tertiary/aromatic N) is 2. The fourth-order valence-electron chi connectivity index (χ4n) is 5.98. The molecule has 2 aliphatic heterocycles. The van der Waals surface area contributed by atoms with Gasteiger partial charge in [0.1, 0.15) is 23.2 Å². The predicted octanol–water partition coefficient (Wildman–Crippen LogP) is 4.36. The van der Waals surface area contributed by atoms with Crippen molar-refractivity contribution in [1.29, 1.82) is 5.26 Å². The molecular formula is C31H34F2N4O4. The first-order valence-electron chi connectivity index (χ1n) is 13.8. The molecule has 0 unspecified atom stereocenters. The van der Waals surface area contributed by atoms with Gasteiger partial charge in [-0.2, -0.15) is 5.26 Å². The van der Waals surface area contributed by atoms with E-state index in [1.165, 1.54) is 4.90 Å². The third-order valence-corrected chi connectivity index (χ3v) is 7.96. The quantitative estimate of drug-likeness (QED) is 0.469. The lowest BCUT2D eigenvalue weighted by Gasteiger charge is -2.29. The highest BCUT2D eigenvalue weighted by molar-refractivity contribution is 6.07. The topological polar surface area (TPSA) is 119 Å². The first-order chi connectivity index (χ1) is 19.4. The number of likely N-dealkylation sites (tertiary alicyclic amines) is 1. The Morgan fingerprint density at radius 3 is 2.37 bits per heavy atom. The molecule has 4 rings (SSSR count). The SMILES string of the molecule is CC(C)C[C@H](CC(=O)[C@@H](NC(=O)c1c(F)cccc1F)C(C)C)C(=O)N1C[C@]2(C[C@H]1C#N)C(=O)Nc1ccccc12. The average Bonchev–Trinajstić information content (AvgIpc) is 3.43. The van der Waals surface area contributed by atoms with Crippen LogP contribution < -0.4 is 10.6 Å². The lowest BCUT2D eigenvalue weighted by Crippen LogP contribution is -2.47. The molecule has 2 aromatic carbocycles. The van der Waals surface area contributed by atoms with Crippen LogP contribution in [-0.4, -0.2) is 47.0 Å². The van der Waals surface area contributed by atoms with E-state index in [0.717, 1.165) is 23.8 Å². The van der Waals surface area contributed by atoms with E-state index >= 15 is 0 Å². The standard InChI is InChI=1S/C31H34F2N4O4/c1-17(2)12-19(13-25(38)27(18(3)4)36-28(39)26-22(32)9-7-10-23(26)33)29(40)37-16-31(14-20(37)15-34)21-8-5-6-11-24(21)35-30(31)41/h5-11,17-20,27H,12-14,16H2,1-4H3,(H,35,41)(H,36,39)/t19-,20+,27+,31+/m1/s1. The van der Waals surface area contributed by atoms with Crippen molar-refractivity contribution in [3.05, 3.63) is 65.2 Å². The first-order valence-corrected chi connectivity index (χ1v) is 13.8. The number of fused-ring (bicyclic) bond motifs is 2. The summed E-state index contributed by atoms with van der Waals surface area (Å²) in [7, 11) is 0. The van der Waals surface area contributed by atoms with E-state index < -0.39 is 64.1 Å². The van der Waals surface area contributed by atoms with Crippen molar-refractivity contribution in [3.8, 4) is 6.07 Å². The van der Waals surface area contributed by atoms with Crippen LogP contribution in [0.3, 0.4) is 0 Å². The normalized spacial score (nSPS) is 21.0. The Balaban J connectivity index is 1.57. The minimum absolute atomic E-state index is 0.00655. The molecule has 1 spiro atoms. The van der Waals surface area contributed by atoms with Gasteiger partial charge in [-0.25, -0.2) is 8.78 Å². The molecule has 2 heterocycles. The van der Waals surface area contributed by atoms with Crippen molar-refractivity contribution < 1.29 is 28.0 Å². The van der Waals surface area contributed by atoms with Crippen LogP contribution in [0.4, 0.5) is 14.5 Å². The summed E-state index contributed by atoms with van der Waals surface area (Å²) in [5, 5.41) is 15.3. The molecule has 41 heavy (non-hydrogen) atoms. The number of nitriles is 1. The van der Waals surface area contributed by atoms with E-state index in [1.807, 2.05) is 19.9 Å². The largest absolute Gasteiger partial charge is 0.342 e. The summed E-state index contributed by atoms with van der Waals surface area (Å²) in [5.41, 5.74) is -0.452. The van der Waals surface area contributed by atoms with E-state index in [2.05, 4.69) is 16.7 Å². The molecule has 0 aliphatic carbocycles. The van der Waals surface area contributed by atoms with Crippen LogP contribution in [0.5, 0.6) is 0 Å². The van der Waals surface area contributed by atoms with E-state index in [0.29, 0.717) is 12.1 Å². The zero-order valence-corrected chi connectivity index (χ0v) is 23.5. The molecule has 1 fully saturated rings. The Morgan fingerprint density at radius 1 is 1.10 bits per heavy atom. The van der Waals surface area contributed by atoms with E-state index in [4.69, 9.17) is 0 Å². The van der Waals surface area contributed by atoms with Gasteiger partial charge < -0.3 is 15.5 Å². The maximum absolute atomic E-state index is 14.2. The maximum atomic E-state index is 14.2. The van der Waals surface area contributed by atoms with Crippen LogP contribution in [0, 0.1) is 40.7 Å². The second-order valence-corrected chi connectivity index (χ2v) is 11.7. The molecular weight excluding hydrogens is 530 g/mol. The molecule has 4 atom stereocenters. The van der Waals surface area contributed by atoms with Gasteiger partial charge >= 0.3 is 0 Å². The zero-order chi connectivity index (χ0) is 30.1. The average molecular weight is 565 g/mol. The number of carbonyl (C=O) groups excluding carboxylic acids is 4. The van der Waals surface area contributed by atoms with Crippen LogP contribution in [0.2, 0.25) is 0 Å². The fraction of sp³-hybridized carbons (Fsp3) is 0.452. The number of halogens is 2. The smallest absolute Gasteiger partial charge is 0.257 e. The predicted molar refractivity (Wildman–Crippen MR) is 147 cm³/mol. The Morgan fingerprint density at radius 2 is 1.76 bits per heavy atom. The van der Waals surface area contributed by atoms with E-state index in [9.17, 15) is 33.2 Å². The zero-order valence-electron chi connectivity index (χ0n) is 23.5. The van der Waals surface area contributed by atoms with Crippen molar-refractivity contribution >= 4 is 29.2 Å². The Kier molecular flexibility index (Phi) is 8.57. The Bertz CT molecular complexity index is 1400. The van der Waals surface area contributed by atoms with Crippen LogP contribution in [-0.2, 0) is 19.8 Å². The monoisotopic (exact) mass is 564 g/mol. The minimum Gasteiger partial charge on any atom is -0.342 e. The molecule has 216 valence electrons. The number of rotatable bonds is 9. The van der Waals surface area contributed by atoms with Gasteiger partial charge in [-0.1, -0.05) is 52.0 Å². The lowest BCUT2D eigenvalue weighted by atomic mass is 9.80. The van der Waals surface area contributed by atoms with Crippen molar-refractivity contribution in [2.45, 2.75) is 64.5 Å². The van der Waals surface area contributed by atoms with Crippen molar-refractivity contribution in [2.24, 2.45) is 17.8 Å². The molecule has 2 aliphatic rings. The highest BCUT2D eigenvalue weighted by Gasteiger charge is 2.56. The number of benzene rings is 2. The summed E-state index contributed by atoms with van der Waals surface area (Å²) in [6, 6.07) is 10.5. The molecule has 0 aromatic heterocycles. The van der Waals surface area contributed by atoms with Crippen molar-refractivity contribution in [2.75, 3.05) is 11.9 Å². The molecule has 0 saturated carbocycles. The summed E-state index contributed by atoms with van der Waals surface area (Å²) >= 11 is 0. The summed E-state index contributed by atoms with van der Waals surface area (Å²) < 4.78 is 28.4. The van der Waals surface area contributed by atoms with Crippen LogP contribution in [0.15, 0.2) is 42.5 Å². The molecule has 1 saturated heterocycles. The number of hydrogen-bond donors (Lipinski definition) is 2. The van der Waals surface area contributed by atoms with E-state index in [1.54, 1.807) is 32.0 Å². The van der Waals surface area contributed by atoms with Crippen molar-refractivity contribution in [3.63, 3.8) is 0 Å². The van der Waals surface area contributed by atoms with Gasteiger partial charge in [0.15, 0.2) is 5.78 Å². The minimum atomic E-state index is -1.10. The first kappa shape index (κ1) is 29.8. The third kappa shape index (κ3) is 5.71. The Hall–Kier alpha value is -4.13. The highest BCUT2D eigenvalue weighted by Crippen LogP contribution is 2.46. The molecule has 0 radical (unpaired) electrons. The van der Waals surface area contributed by atoms with Gasteiger partial charge in [-0.05, 0) is 42.0 Å². The van der Waals surface area contributed by atoms with E-state index in [-0.39, 0.29) is 31.2 Å². The fourth-order valence-corrected chi connectivity index (χ4v) is 5.98. The Labute approximate surface area is 238 Å². The summed E-state index contributed by atoms with van der Waals surface area (Å²) in [6.45, 7) is 7.19. The summed E-state index contributed by atoms with van der Waals surface area (Å²) in [4.78, 5) is 54.8. The number of anilines is 1. The second-order valence-electron chi connectivity index (χ2n) is 11.7. The summed E-state index contributed by atoms with van der Waals surface area (Å²) in [6.07, 6.45) is 0.222. The highest BCUT2D eigenvalue weighted by atomic mass is 19.1. The van der Waals surface area contributed by atoms with Gasteiger partial charge in [0.2, 0.25) is 11.8 Å². The molecule has 0 bridgehead atoms. The van der Waals surface area contributed by atoms with Crippen molar-refractivity contribution in [1.82, 2.24) is 10.2 Å². The number of hydrogen-bond acceptors (Lipinski definition) is 5. The van der Waals surface area contributed by atoms with Gasteiger partial charge in [-0.3, -0.25) is 19.2 Å². The second kappa shape index (κ2) is 11.8. The van der Waals surface area contributed by atoms with Gasteiger partial charge in [0.05, 0.1) is 17.5 Å². The van der Waals surface area contributed by atoms with Crippen LogP contribution in [0.1, 0.15) is 62.9 Å². The number of para-hydroxylation sites is 1. The molecule has 2 N–H and O–H groups in total. The number of amides is 3. The summed E-state index contributed by atoms with van der Waals surface area (Å²) in [5.74, 6) is -5.54. The van der Waals surface area contributed by atoms with Gasteiger partial charge in [0, 0.05) is 31.0 Å². The number of Topliss-reactive ketones (excluding diaryl/α,β-unsaturated/α-hetero) is 1. The van der Waals surface area contributed by atoms with Crippen LogP contribution >= 0.6 is 0 Å². The van der Waals surface area contributed by atoms with Gasteiger partial charge in [0.25, 0.3) is 5.91 Å². The van der Waals surface area contributed by atoms with Gasteiger partial charge in [-0.15, -0.1) is 0 Å². The molecule has 10 heteroatoms. The molecule has 8 nitrogen and oxygen atoms in total. The molecule has 2 aromatic rings. The number of ketones is 1. The lowest BCUT2D eigenvalue weighted by molar-refractivity contribution is -0.139. The number of nitrogens with one attached hydrogen (secondary N) is 2. The maximum Gasteiger partial charge on any atom is 0.257 e.